The summed E-state index contributed by atoms with van der Waals surface area (Å²) in [6.07, 6.45) is -0.323. The van der Waals surface area contributed by atoms with Gasteiger partial charge < -0.3 is 10.1 Å². The van der Waals surface area contributed by atoms with Crippen LogP contribution < -0.4 is 10.1 Å². The monoisotopic (exact) mass is 325 g/mol. The number of amides is 1. The van der Waals surface area contributed by atoms with Crippen LogP contribution in [0.25, 0.3) is 0 Å². The number of hydrogen-bond acceptors (Lipinski definition) is 5. The van der Waals surface area contributed by atoms with Gasteiger partial charge in [-0.2, -0.15) is 9.57 Å². The standard InChI is InChI=1S/C14H19N3O4S/c1-4-17(5-2)22(19,20)11-6-7-13(21-3)12(10-11)16-14(18)8-9-15/h6-7,10H,4-5,8H2,1-3H3,(H,16,18). The number of carbonyl (C=O) groups excluding carboxylic acids is 1. The van der Waals surface area contributed by atoms with E-state index in [0.717, 1.165) is 0 Å². The second-order valence-corrected chi connectivity index (χ2v) is 6.27. The number of hydrogen-bond donors (Lipinski definition) is 1. The highest BCUT2D eigenvalue weighted by molar-refractivity contribution is 7.89. The highest BCUT2D eigenvalue weighted by Gasteiger charge is 2.23. The lowest BCUT2D eigenvalue weighted by Gasteiger charge is -2.19. The topological polar surface area (TPSA) is 99.5 Å². The van der Waals surface area contributed by atoms with Gasteiger partial charge in [0, 0.05) is 13.1 Å². The number of sulfonamides is 1. The number of ether oxygens (including phenoxy) is 1. The minimum Gasteiger partial charge on any atom is -0.495 e. The van der Waals surface area contributed by atoms with Crippen molar-refractivity contribution >= 4 is 21.6 Å². The Hall–Kier alpha value is -2.11. The zero-order chi connectivity index (χ0) is 16.8. The molecule has 0 heterocycles. The van der Waals surface area contributed by atoms with Crippen LogP contribution >= 0.6 is 0 Å². The van der Waals surface area contributed by atoms with Crippen LogP contribution in [0.2, 0.25) is 0 Å². The number of carbonyl (C=O) groups is 1. The maximum absolute atomic E-state index is 12.5. The third kappa shape index (κ3) is 3.96. The minimum atomic E-state index is -3.64. The second-order valence-electron chi connectivity index (χ2n) is 4.33. The molecule has 7 nitrogen and oxygen atoms in total. The third-order valence-electron chi connectivity index (χ3n) is 3.03. The summed E-state index contributed by atoms with van der Waals surface area (Å²) in [4.78, 5) is 11.6. The summed E-state index contributed by atoms with van der Waals surface area (Å²) in [5.41, 5.74) is 0.219. The molecule has 0 aliphatic rings. The van der Waals surface area contributed by atoms with Crippen molar-refractivity contribution in [1.29, 1.82) is 5.26 Å². The fraction of sp³-hybridized carbons (Fsp3) is 0.429. The van der Waals surface area contributed by atoms with E-state index < -0.39 is 15.9 Å². The Labute approximate surface area is 130 Å². The Morgan fingerprint density at radius 3 is 2.50 bits per heavy atom. The van der Waals surface area contributed by atoms with Crippen molar-refractivity contribution < 1.29 is 17.9 Å². The average molecular weight is 325 g/mol. The van der Waals surface area contributed by atoms with Crippen LogP contribution in [0.15, 0.2) is 23.1 Å². The number of methoxy groups -OCH3 is 1. The van der Waals surface area contributed by atoms with Gasteiger partial charge in [0.25, 0.3) is 0 Å². The molecular formula is C14H19N3O4S. The quantitative estimate of drug-likeness (QED) is 0.820. The highest BCUT2D eigenvalue weighted by atomic mass is 32.2. The molecule has 120 valence electrons. The van der Waals surface area contributed by atoms with Crippen LogP contribution in [0.5, 0.6) is 5.75 Å². The van der Waals surface area contributed by atoms with Crippen LogP contribution in [0.1, 0.15) is 20.3 Å². The minimum absolute atomic E-state index is 0.0595. The summed E-state index contributed by atoms with van der Waals surface area (Å²) in [5.74, 6) is -0.206. The Kier molecular flexibility index (Phi) is 6.34. The first-order valence-corrected chi connectivity index (χ1v) is 8.19. The fourth-order valence-corrected chi connectivity index (χ4v) is 3.41. The van der Waals surface area contributed by atoms with Crippen LogP contribution in [-0.4, -0.2) is 38.8 Å². The van der Waals surface area contributed by atoms with Gasteiger partial charge in [-0.3, -0.25) is 4.79 Å². The summed E-state index contributed by atoms with van der Waals surface area (Å²) in [7, 11) is -2.22. The van der Waals surface area contributed by atoms with Crippen LogP contribution in [0.4, 0.5) is 5.69 Å². The number of nitrogens with zero attached hydrogens (tertiary/aromatic N) is 2. The summed E-state index contributed by atoms with van der Waals surface area (Å²) < 4.78 is 31.4. The van der Waals surface area contributed by atoms with Crippen LogP contribution in [0.3, 0.4) is 0 Å². The highest BCUT2D eigenvalue weighted by Crippen LogP contribution is 2.29. The number of anilines is 1. The molecule has 0 saturated heterocycles. The SMILES string of the molecule is CCN(CC)S(=O)(=O)c1ccc(OC)c(NC(=O)CC#N)c1. The smallest absolute Gasteiger partial charge is 0.243 e. The Morgan fingerprint density at radius 1 is 1.36 bits per heavy atom. The molecule has 0 fully saturated rings. The van der Waals surface area contributed by atoms with E-state index in [2.05, 4.69) is 5.32 Å². The van der Waals surface area contributed by atoms with Crippen LogP contribution in [0, 0.1) is 11.3 Å². The summed E-state index contributed by atoms with van der Waals surface area (Å²) in [6.45, 7) is 4.20. The van der Waals surface area contributed by atoms with Crippen molar-refractivity contribution in [2.45, 2.75) is 25.2 Å². The largest absolute Gasteiger partial charge is 0.495 e. The number of rotatable bonds is 7. The van der Waals surface area contributed by atoms with Gasteiger partial charge in [0.1, 0.15) is 12.2 Å². The van der Waals surface area contributed by atoms with E-state index in [4.69, 9.17) is 10.00 Å². The maximum atomic E-state index is 12.5. The van der Waals surface area contributed by atoms with E-state index in [1.807, 2.05) is 0 Å². The zero-order valence-corrected chi connectivity index (χ0v) is 13.6. The molecule has 1 aromatic rings. The van der Waals surface area contributed by atoms with Crippen molar-refractivity contribution in [2.75, 3.05) is 25.5 Å². The van der Waals surface area contributed by atoms with Gasteiger partial charge in [-0.05, 0) is 18.2 Å². The molecule has 0 aliphatic heterocycles. The van der Waals surface area contributed by atoms with E-state index in [9.17, 15) is 13.2 Å². The Morgan fingerprint density at radius 2 is 2.00 bits per heavy atom. The molecule has 22 heavy (non-hydrogen) atoms. The van der Waals surface area contributed by atoms with Crippen molar-refractivity contribution in [3.05, 3.63) is 18.2 Å². The number of nitrogens with one attached hydrogen (secondary N) is 1. The lowest BCUT2D eigenvalue weighted by molar-refractivity contribution is -0.115. The molecule has 0 atom stereocenters. The van der Waals surface area contributed by atoms with E-state index >= 15 is 0 Å². The fourth-order valence-electron chi connectivity index (χ4n) is 1.92. The van der Waals surface area contributed by atoms with Gasteiger partial charge in [0.2, 0.25) is 15.9 Å². The van der Waals surface area contributed by atoms with Crippen LogP contribution in [-0.2, 0) is 14.8 Å². The van der Waals surface area contributed by atoms with Crippen molar-refractivity contribution in [1.82, 2.24) is 4.31 Å². The van der Waals surface area contributed by atoms with Gasteiger partial charge in [-0.15, -0.1) is 0 Å². The molecular weight excluding hydrogens is 306 g/mol. The predicted octanol–water partition coefficient (Wildman–Crippen LogP) is 1.58. The first-order valence-electron chi connectivity index (χ1n) is 6.75. The third-order valence-corrected chi connectivity index (χ3v) is 5.07. The van der Waals surface area contributed by atoms with Crippen molar-refractivity contribution in [2.24, 2.45) is 0 Å². The first-order chi connectivity index (χ1) is 10.4. The molecule has 1 N–H and O–H groups in total. The molecule has 0 aliphatic carbocycles. The molecule has 0 radical (unpaired) electrons. The Balaban J connectivity index is 3.25. The number of benzene rings is 1. The second kappa shape index (κ2) is 7.77. The number of nitriles is 1. The maximum Gasteiger partial charge on any atom is 0.243 e. The first kappa shape index (κ1) is 17.9. The molecule has 0 unspecified atom stereocenters. The molecule has 0 bridgehead atoms. The van der Waals surface area contributed by atoms with E-state index in [1.54, 1.807) is 19.9 Å². The normalized spacial score (nSPS) is 11.0. The molecule has 0 aromatic heterocycles. The van der Waals surface area contributed by atoms with Gasteiger partial charge in [0.15, 0.2) is 0 Å². The summed E-state index contributed by atoms with van der Waals surface area (Å²) in [5, 5.41) is 11.0. The van der Waals surface area contributed by atoms with E-state index in [-0.39, 0.29) is 17.0 Å². The van der Waals surface area contributed by atoms with Crippen molar-refractivity contribution in [3.63, 3.8) is 0 Å². The molecule has 1 aromatic carbocycles. The van der Waals surface area contributed by atoms with Gasteiger partial charge in [0.05, 0.1) is 23.8 Å². The van der Waals surface area contributed by atoms with Crippen molar-refractivity contribution in [3.8, 4) is 11.8 Å². The molecule has 0 spiro atoms. The molecule has 1 rings (SSSR count). The van der Waals surface area contributed by atoms with Gasteiger partial charge in [-0.25, -0.2) is 8.42 Å². The van der Waals surface area contributed by atoms with E-state index in [0.29, 0.717) is 18.8 Å². The van der Waals surface area contributed by atoms with Gasteiger partial charge in [-0.1, -0.05) is 13.8 Å². The predicted molar refractivity (Wildman–Crippen MR) is 82.0 cm³/mol. The lowest BCUT2D eigenvalue weighted by Crippen LogP contribution is -2.30. The zero-order valence-electron chi connectivity index (χ0n) is 12.8. The molecule has 8 heteroatoms. The van der Waals surface area contributed by atoms with Gasteiger partial charge >= 0.3 is 0 Å². The Bertz CT molecular complexity index is 676. The summed E-state index contributed by atoms with van der Waals surface area (Å²) in [6, 6.07) is 5.96. The average Bonchev–Trinajstić information content (AvgIpc) is 2.48. The van der Waals surface area contributed by atoms with E-state index in [1.165, 1.54) is 29.6 Å². The molecule has 1 amide bonds. The summed E-state index contributed by atoms with van der Waals surface area (Å²) >= 11 is 0. The molecule has 0 saturated carbocycles. The lowest BCUT2D eigenvalue weighted by atomic mass is 10.3.